The van der Waals surface area contributed by atoms with Crippen LogP contribution >= 0.6 is 11.6 Å². The van der Waals surface area contributed by atoms with Gasteiger partial charge in [0.25, 0.3) is 0 Å². The van der Waals surface area contributed by atoms with Gasteiger partial charge in [-0.1, -0.05) is 54.1 Å². The Kier molecular flexibility index (Phi) is 2.65. The molecule has 76 valence electrons. The third-order valence-corrected chi connectivity index (χ3v) is 2.89. The molecule has 2 heteroatoms. The molecule has 1 nitrogen and oxygen atoms in total. The van der Waals surface area contributed by atoms with Gasteiger partial charge >= 0.3 is 0 Å². The maximum atomic E-state index is 6.21. The molecule has 0 amide bonds. The van der Waals surface area contributed by atoms with Crippen molar-refractivity contribution in [1.29, 1.82) is 0 Å². The number of hydrogen-bond donors (Lipinski definition) is 1. The van der Waals surface area contributed by atoms with Gasteiger partial charge < -0.3 is 5.73 Å². The molecule has 0 spiro atoms. The number of halogens is 1. The van der Waals surface area contributed by atoms with E-state index in [1.54, 1.807) is 0 Å². The van der Waals surface area contributed by atoms with E-state index >= 15 is 0 Å². The summed E-state index contributed by atoms with van der Waals surface area (Å²) in [5, 5.41) is 0.640. The second kappa shape index (κ2) is 3.95. The molecule has 0 aliphatic carbocycles. The number of nitrogens with two attached hydrogens (primary N) is 1. The summed E-state index contributed by atoms with van der Waals surface area (Å²) in [6.07, 6.45) is 0. The van der Waals surface area contributed by atoms with E-state index in [0.29, 0.717) is 10.7 Å². The van der Waals surface area contributed by atoms with Gasteiger partial charge in [-0.25, -0.2) is 0 Å². The summed E-state index contributed by atoms with van der Waals surface area (Å²) in [6, 6.07) is 14.0. The van der Waals surface area contributed by atoms with Crippen molar-refractivity contribution >= 4 is 17.3 Å². The Morgan fingerprint density at radius 1 is 1.00 bits per heavy atom. The molecule has 0 aliphatic rings. The molecule has 0 aliphatic heterocycles. The van der Waals surface area contributed by atoms with Gasteiger partial charge in [-0.15, -0.1) is 0 Å². The van der Waals surface area contributed by atoms with Crippen LogP contribution in [-0.4, -0.2) is 0 Å². The standard InChI is InChI=1S/C13H12ClN/c1-9-7-8-11(12(14)13(9)15)10-5-3-2-4-6-10/h2-8H,15H2,1H3. The Labute approximate surface area is 94.5 Å². The van der Waals surface area contributed by atoms with E-state index in [1.807, 2.05) is 49.4 Å². The zero-order chi connectivity index (χ0) is 10.8. The smallest absolute Gasteiger partial charge is 0.0716 e. The normalized spacial score (nSPS) is 10.3. The van der Waals surface area contributed by atoms with Crippen molar-refractivity contribution in [3.05, 3.63) is 53.1 Å². The van der Waals surface area contributed by atoms with Gasteiger partial charge in [0.05, 0.1) is 10.7 Å². The summed E-state index contributed by atoms with van der Waals surface area (Å²) < 4.78 is 0. The lowest BCUT2D eigenvalue weighted by Gasteiger charge is -2.09. The lowest BCUT2D eigenvalue weighted by Crippen LogP contribution is -1.92. The van der Waals surface area contributed by atoms with Crippen molar-refractivity contribution in [3.63, 3.8) is 0 Å². The molecule has 0 saturated heterocycles. The van der Waals surface area contributed by atoms with Crippen LogP contribution in [0.25, 0.3) is 11.1 Å². The van der Waals surface area contributed by atoms with Gasteiger partial charge in [0.2, 0.25) is 0 Å². The molecule has 0 radical (unpaired) electrons. The topological polar surface area (TPSA) is 26.0 Å². The van der Waals surface area contributed by atoms with E-state index in [-0.39, 0.29) is 0 Å². The highest BCUT2D eigenvalue weighted by atomic mass is 35.5. The van der Waals surface area contributed by atoms with E-state index in [0.717, 1.165) is 16.7 Å². The Bertz CT molecular complexity index is 477. The molecule has 0 fully saturated rings. The SMILES string of the molecule is Cc1ccc(-c2ccccc2)c(Cl)c1N. The average molecular weight is 218 g/mol. The predicted octanol–water partition coefficient (Wildman–Crippen LogP) is 3.90. The van der Waals surface area contributed by atoms with Crippen molar-refractivity contribution in [3.8, 4) is 11.1 Å². The highest BCUT2D eigenvalue weighted by Gasteiger charge is 2.07. The Morgan fingerprint density at radius 3 is 2.33 bits per heavy atom. The molecule has 0 saturated carbocycles. The second-order valence-electron chi connectivity index (χ2n) is 3.52. The van der Waals surface area contributed by atoms with E-state index in [1.165, 1.54) is 0 Å². The number of aryl methyl sites for hydroxylation is 1. The van der Waals surface area contributed by atoms with Crippen LogP contribution in [0, 0.1) is 6.92 Å². The highest BCUT2D eigenvalue weighted by Crippen LogP contribution is 2.33. The summed E-state index contributed by atoms with van der Waals surface area (Å²) >= 11 is 6.21. The average Bonchev–Trinajstić information content (AvgIpc) is 2.27. The van der Waals surface area contributed by atoms with Crippen LogP contribution in [0.1, 0.15) is 5.56 Å². The first kappa shape index (κ1) is 10.1. The fraction of sp³-hybridized carbons (Fsp3) is 0.0769. The molecule has 0 bridgehead atoms. The first-order chi connectivity index (χ1) is 7.20. The van der Waals surface area contributed by atoms with Crippen LogP contribution in [0.3, 0.4) is 0 Å². The van der Waals surface area contributed by atoms with Crippen LogP contribution in [0.5, 0.6) is 0 Å². The summed E-state index contributed by atoms with van der Waals surface area (Å²) in [5.74, 6) is 0. The van der Waals surface area contributed by atoms with Crippen molar-refractivity contribution in [2.24, 2.45) is 0 Å². The zero-order valence-corrected chi connectivity index (χ0v) is 9.25. The van der Waals surface area contributed by atoms with Crippen molar-refractivity contribution in [1.82, 2.24) is 0 Å². The lowest BCUT2D eigenvalue weighted by molar-refractivity contribution is 1.47. The van der Waals surface area contributed by atoms with E-state index in [4.69, 9.17) is 17.3 Å². The fourth-order valence-electron chi connectivity index (χ4n) is 1.53. The molecule has 0 heterocycles. The quantitative estimate of drug-likeness (QED) is 0.721. The largest absolute Gasteiger partial charge is 0.397 e. The number of benzene rings is 2. The van der Waals surface area contributed by atoms with E-state index < -0.39 is 0 Å². The maximum absolute atomic E-state index is 6.21. The third kappa shape index (κ3) is 1.83. The predicted molar refractivity (Wildman–Crippen MR) is 66.0 cm³/mol. The van der Waals surface area contributed by atoms with Crippen LogP contribution in [-0.2, 0) is 0 Å². The van der Waals surface area contributed by atoms with Gasteiger partial charge in [0, 0.05) is 5.56 Å². The molecule has 2 N–H and O–H groups in total. The second-order valence-corrected chi connectivity index (χ2v) is 3.90. The van der Waals surface area contributed by atoms with E-state index in [2.05, 4.69) is 0 Å². The van der Waals surface area contributed by atoms with Gasteiger partial charge in [0.1, 0.15) is 0 Å². The minimum absolute atomic E-state index is 0.640. The van der Waals surface area contributed by atoms with Crippen LogP contribution < -0.4 is 5.73 Å². The Morgan fingerprint density at radius 2 is 1.67 bits per heavy atom. The first-order valence-corrected chi connectivity index (χ1v) is 5.18. The van der Waals surface area contributed by atoms with Crippen molar-refractivity contribution < 1.29 is 0 Å². The van der Waals surface area contributed by atoms with E-state index in [9.17, 15) is 0 Å². The first-order valence-electron chi connectivity index (χ1n) is 4.80. The van der Waals surface area contributed by atoms with Gasteiger partial charge in [-0.2, -0.15) is 0 Å². The van der Waals surface area contributed by atoms with Crippen LogP contribution in [0.2, 0.25) is 5.02 Å². The molecule has 0 unspecified atom stereocenters. The molecular weight excluding hydrogens is 206 g/mol. The maximum Gasteiger partial charge on any atom is 0.0716 e. The van der Waals surface area contributed by atoms with Gasteiger partial charge in [-0.05, 0) is 18.1 Å². The summed E-state index contributed by atoms with van der Waals surface area (Å²) in [5.41, 5.74) is 9.64. The number of rotatable bonds is 1. The van der Waals surface area contributed by atoms with Crippen LogP contribution in [0.4, 0.5) is 5.69 Å². The Hall–Kier alpha value is -1.47. The Balaban J connectivity index is 2.60. The van der Waals surface area contributed by atoms with Gasteiger partial charge in [-0.3, -0.25) is 0 Å². The minimum atomic E-state index is 0.640. The molecule has 0 atom stereocenters. The lowest BCUT2D eigenvalue weighted by atomic mass is 10.0. The number of hydrogen-bond acceptors (Lipinski definition) is 1. The van der Waals surface area contributed by atoms with Gasteiger partial charge in [0.15, 0.2) is 0 Å². The summed E-state index contributed by atoms with van der Waals surface area (Å²) in [4.78, 5) is 0. The zero-order valence-electron chi connectivity index (χ0n) is 8.50. The number of anilines is 1. The molecule has 2 aromatic carbocycles. The molecule has 0 aromatic heterocycles. The highest BCUT2D eigenvalue weighted by molar-refractivity contribution is 6.36. The molecule has 15 heavy (non-hydrogen) atoms. The van der Waals surface area contributed by atoms with Crippen molar-refractivity contribution in [2.45, 2.75) is 6.92 Å². The summed E-state index contributed by atoms with van der Waals surface area (Å²) in [6.45, 7) is 1.95. The number of nitrogen functional groups attached to an aromatic ring is 1. The van der Waals surface area contributed by atoms with Crippen LogP contribution in [0.15, 0.2) is 42.5 Å². The fourth-order valence-corrected chi connectivity index (χ4v) is 1.85. The molecule has 2 rings (SSSR count). The monoisotopic (exact) mass is 217 g/mol. The third-order valence-electron chi connectivity index (χ3n) is 2.48. The minimum Gasteiger partial charge on any atom is -0.397 e. The van der Waals surface area contributed by atoms with Crippen molar-refractivity contribution in [2.75, 3.05) is 5.73 Å². The summed E-state index contributed by atoms with van der Waals surface area (Å²) in [7, 11) is 0. The molecule has 2 aromatic rings. The molecular formula is C13H12ClN.